The fraction of sp³-hybridized carbons (Fsp3) is 0.667. The minimum absolute atomic E-state index is 0.0823. The van der Waals surface area contributed by atoms with Crippen LogP contribution in [-0.4, -0.2) is 45.6 Å². The molecule has 0 radical (unpaired) electrons. The van der Waals surface area contributed by atoms with Crippen LogP contribution < -0.4 is 0 Å². The Morgan fingerprint density at radius 2 is 2.18 bits per heavy atom. The van der Waals surface area contributed by atoms with E-state index in [0.29, 0.717) is 12.6 Å². The maximum atomic E-state index is 11.7. The summed E-state index contributed by atoms with van der Waals surface area (Å²) in [5.41, 5.74) is 2.44. The molecular weight excluding hydrogens is 216 g/mol. The van der Waals surface area contributed by atoms with E-state index in [9.17, 15) is 4.79 Å². The van der Waals surface area contributed by atoms with E-state index in [1.54, 1.807) is 19.0 Å². The van der Waals surface area contributed by atoms with E-state index in [1.807, 2.05) is 10.9 Å². The first kappa shape index (κ1) is 12.1. The fourth-order valence-electron chi connectivity index (χ4n) is 2.00. The molecule has 0 aromatic carbocycles. The molecule has 0 unspecified atom stereocenters. The summed E-state index contributed by atoms with van der Waals surface area (Å²) in [6.07, 6.45) is 1.89. The van der Waals surface area contributed by atoms with Crippen molar-refractivity contribution in [2.75, 3.05) is 14.1 Å². The predicted octanol–water partition coefficient (Wildman–Crippen LogP) is 0.695. The van der Waals surface area contributed by atoms with Gasteiger partial charge in [-0.05, 0) is 13.8 Å². The summed E-state index contributed by atoms with van der Waals surface area (Å²) in [6, 6.07) is 0.528. The summed E-state index contributed by atoms with van der Waals surface area (Å²) in [7, 11) is 3.54. The van der Waals surface area contributed by atoms with Crippen LogP contribution in [0, 0.1) is 0 Å². The predicted molar refractivity (Wildman–Crippen MR) is 65.3 cm³/mol. The second-order valence-electron chi connectivity index (χ2n) is 5.06. The molecule has 0 aliphatic carbocycles. The molecule has 0 saturated carbocycles. The van der Waals surface area contributed by atoms with Crippen LogP contribution in [0.3, 0.4) is 0 Å². The first-order valence-electron chi connectivity index (χ1n) is 5.96. The minimum Gasteiger partial charge on any atom is -0.347 e. The average molecular weight is 236 g/mol. The lowest BCUT2D eigenvalue weighted by molar-refractivity contribution is -0.129. The number of carbonyl (C=O) groups excluding carboxylic acids is 1. The number of hydrogen-bond donors (Lipinski definition) is 0. The number of nitrogens with zero attached hydrogens (tertiary/aromatic N) is 4. The van der Waals surface area contributed by atoms with Gasteiger partial charge < -0.3 is 4.90 Å². The second-order valence-corrected chi connectivity index (χ2v) is 5.06. The number of likely N-dealkylation sites (N-methyl/N-ethyl adjacent to an activating group) is 1. The van der Waals surface area contributed by atoms with Gasteiger partial charge in [-0.3, -0.25) is 14.4 Å². The van der Waals surface area contributed by atoms with Crippen LogP contribution in [0.4, 0.5) is 0 Å². The lowest BCUT2D eigenvalue weighted by atomic mass is 10.3. The largest absolute Gasteiger partial charge is 0.347 e. The third-order valence-electron chi connectivity index (χ3n) is 3.28. The topological polar surface area (TPSA) is 41.4 Å². The summed E-state index contributed by atoms with van der Waals surface area (Å²) in [6.45, 7) is 6.56. The third kappa shape index (κ3) is 2.34. The van der Waals surface area contributed by atoms with Gasteiger partial charge in [0, 0.05) is 38.8 Å². The zero-order valence-corrected chi connectivity index (χ0v) is 11.0. The Morgan fingerprint density at radius 1 is 1.47 bits per heavy atom. The number of fused-ring (bicyclic) bond motifs is 1. The maximum Gasteiger partial charge on any atom is 0.243 e. The Labute approximate surface area is 102 Å². The SMILES string of the molecule is CC(C)N1Cc2cnn(CC(=O)N(C)C)c2C1. The molecule has 0 atom stereocenters. The van der Waals surface area contributed by atoms with Crippen molar-refractivity contribution >= 4 is 5.91 Å². The summed E-state index contributed by atoms with van der Waals surface area (Å²) >= 11 is 0. The molecule has 1 amide bonds. The highest BCUT2D eigenvalue weighted by Gasteiger charge is 2.25. The highest BCUT2D eigenvalue weighted by atomic mass is 16.2. The van der Waals surface area contributed by atoms with Crippen molar-refractivity contribution in [3.05, 3.63) is 17.5 Å². The minimum atomic E-state index is 0.0823. The number of carbonyl (C=O) groups is 1. The molecule has 2 heterocycles. The van der Waals surface area contributed by atoms with Gasteiger partial charge >= 0.3 is 0 Å². The van der Waals surface area contributed by atoms with Gasteiger partial charge in [0.15, 0.2) is 0 Å². The molecule has 1 aromatic rings. The van der Waals surface area contributed by atoms with Gasteiger partial charge in [0.05, 0.1) is 11.9 Å². The molecule has 1 aromatic heterocycles. The van der Waals surface area contributed by atoms with Gasteiger partial charge in [0.1, 0.15) is 6.54 Å². The van der Waals surface area contributed by atoms with Gasteiger partial charge in [0.2, 0.25) is 5.91 Å². The zero-order chi connectivity index (χ0) is 12.6. The molecule has 0 fully saturated rings. The molecular formula is C12H20N4O. The van der Waals surface area contributed by atoms with Crippen LogP contribution >= 0.6 is 0 Å². The van der Waals surface area contributed by atoms with Crippen LogP contribution in [0.1, 0.15) is 25.1 Å². The van der Waals surface area contributed by atoms with Crippen LogP contribution in [0.5, 0.6) is 0 Å². The summed E-state index contributed by atoms with van der Waals surface area (Å²) < 4.78 is 1.83. The number of rotatable bonds is 3. The van der Waals surface area contributed by atoms with Crippen molar-refractivity contribution in [1.29, 1.82) is 0 Å². The van der Waals surface area contributed by atoms with Crippen molar-refractivity contribution in [3.8, 4) is 0 Å². The molecule has 1 aliphatic rings. The van der Waals surface area contributed by atoms with Crippen molar-refractivity contribution in [3.63, 3.8) is 0 Å². The van der Waals surface area contributed by atoms with Crippen molar-refractivity contribution < 1.29 is 4.79 Å². The van der Waals surface area contributed by atoms with E-state index in [1.165, 1.54) is 11.3 Å². The molecule has 5 heteroatoms. The molecule has 0 spiro atoms. The van der Waals surface area contributed by atoms with E-state index in [-0.39, 0.29) is 5.91 Å². The smallest absolute Gasteiger partial charge is 0.243 e. The Kier molecular flexibility index (Phi) is 3.19. The maximum absolute atomic E-state index is 11.7. The summed E-state index contributed by atoms with van der Waals surface area (Å²) in [5.74, 6) is 0.0823. The molecule has 5 nitrogen and oxygen atoms in total. The number of hydrogen-bond acceptors (Lipinski definition) is 3. The van der Waals surface area contributed by atoms with Gasteiger partial charge in [-0.15, -0.1) is 0 Å². The van der Waals surface area contributed by atoms with E-state index in [2.05, 4.69) is 23.8 Å². The van der Waals surface area contributed by atoms with Gasteiger partial charge in [0.25, 0.3) is 0 Å². The van der Waals surface area contributed by atoms with Crippen LogP contribution in [-0.2, 0) is 24.4 Å². The third-order valence-corrected chi connectivity index (χ3v) is 3.28. The Morgan fingerprint density at radius 3 is 2.76 bits per heavy atom. The van der Waals surface area contributed by atoms with E-state index in [4.69, 9.17) is 0 Å². The average Bonchev–Trinajstić information content (AvgIpc) is 2.79. The standard InChI is InChI=1S/C12H20N4O/c1-9(2)15-6-10-5-13-16(11(10)7-15)8-12(17)14(3)4/h5,9H,6-8H2,1-4H3. The zero-order valence-electron chi connectivity index (χ0n) is 11.0. The van der Waals surface area contributed by atoms with Gasteiger partial charge in [-0.25, -0.2) is 0 Å². The molecule has 94 valence electrons. The molecule has 0 bridgehead atoms. The normalized spacial score (nSPS) is 15.4. The van der Waals surface area contributed by atoms with Crippen LogP contribution in [0.2, 0.25) is 0 Å². The Bertz CT molecular complexity index is 422. The second kappa shape index (κ2) is 4.49. The molecule has 1 aliphatic heterocycles. The van der Waals surface area contributed by atoms with Crippen molar-refractivity contribution in [1.82, 2.24) is 19.6 Å². The highest BCUT2D eigenvalue weighted by molar-refractivity contribution is 5.75. The lowest BCUT2D eigenvalue weighted by Gasteiger charge is -2.19. The lowest BCUT2D eigenvalue weighted by Crippen LogP contribution is -2.29. The molecule has 0 N–H and O–H groups in total. The first-order chi connectivity index (χ1) is 7.99. The monoisotopic (exact) mass is 236 g/mol. The number of aromatic nitrogens is 2. The quantitative estimate of drug-likeness (QED) is 0.775. The van der Waals surface area contributed by atoms with Gasteiger partial charge in [-0.1, -0.05) is 0 Å². The molecule has 2 rings (SSSR count). The Balaban J connectivity index is 2.11. The van der Waals surface area contributed by atoms with E-state index in [0.717, 1.165) is 13.1 Å². The molecule has 17 heavy (non-hydrogen) atoms. The van der Waals surface area contributed by atoms with Crippen LogP contribution in [0.25, 0.3) is 0 Å². The first-order valence-corrected chi connectivity index (χ1v) is 5.96. The van der Waals surface area contributed by atoms with Crippen molar-refractivity contribution in [2.24, 2.45) is 0 Å². The van der Waals surface area contributed by atoms with Crippen LogP contribution in [0.15, 0.2) is 6.20 Å². The highest BCUT2D eigenvalue weighted by Crippen LogP contribution is 2.24. The van der Waals surface area contributed by atoms with Gasteiger partial charge in [-0.2, -0.15) is 5.10 Å². The molecule has 0 saturated heterocycles. The van der Waals surface area contributed by atoms with E-state index < -0.39 is 0 Å². The van der Waals surface area contributed by atoms with E-state index >= 15 is 0 Å². The summed E-state index contributed by atoms with van der Waals surface area (Å²) in [4.78, 5) is 15.7. The number of amides is 1. The Hall–Kier alpha value is -1.36. The summed E-state index contributed by atoms with van der Waals surface area (Å²) in [5, 5.41) is 4.30. The van der Waals surface area contributed by atoms with Crippen molar-refractivity contribution in [2.45, 2.75) is 39.5 Å². The fourth-order valence-corrected chi connectivity index (χ4v) is 2.00.